The number of para-hydroxylation sites is 4. The lowest BCUT2D eigenvalue weighted by Gasteiger charge is -2.11. The Balaban J connectivity index is 1.04. The second-order valence-corrected chi connectivity index (χ2v) is 14.7. The fraction of sp³-hybridized carbons (Fsp3) is 0. The van der Waals surface area contributed by atoms with Crippen LogP contribution in [0.4, 0.5) is 0 Å². The van der Waals surface area contributed by atoms with E-state index in [4.69, 9.17) is 13.8 Å². The first-order valence-electron chi connectivity index (χ1n) is 19.3. The number of fused-ring (bicyclic) bond motifs is 9. The number of nitrogens with zero attached hydrogens (tertiary/aromatic N) is 2. The molecule has 0 spiro atoms. The van der Waals surface area contributed by atoms with Crippen molar-refractivity contribution in [3.63, 3.8) is 0 Å². The Bertz CT molecular complexity index is 3520. The van der Waals surface area contributed by atoms with Crippen molar-refractivity contribution >= 4 is 65.7 Å². The minimum Gasteiger partial charge on any atom is -0.456 e. The zero-order chi connectivity index (χ0) is 37.5. The first-order chi connectivity index (χ1) is 28.2. The average Bonchev–Trinajstić information content (AvgIpc) is 3.96. The van der Waals surface area contributed by atoms with Crippen LogP contribution in [0.15, 0.2) is 203 Å². The number of rotatable bonds is 5. The van der Waals surface area contributed by atoms with Crippen LogP contribution in [-0.4, -0.2) is 9.55 Å². The van der Waals surface area contributed by atoms with Gasteiger partial charge in [-0.1, -0.05) is 127 Å². The standard InChI is InChI=1S/C53H32N2O2/c1-3-13-33(14-4-1)45-30-36(34-25-27-41-40-18-8-10-23-49(40)56-51(41)32-34)31-46(54-45)42-20-12-24-50-52(42)43-21-11-19-38(53(43)57-50)35-26-28-48-44(29-35)39-17-7-9-22-47(39)55(48)37-15-5-2-6-16-37/h1-32H. The molecule has 0 radical (unpaired) electrons. The highest BCUT2D eigenvalue weighted by molar-refractivity contribution is 6.16. The Labute approximate surface area is 327 Å². The largest absolute Gasteiger partial charge is 0.456 e. The molecule has 0 fully saturated rings. The summed E-state index contributed by atoms with van der Waals surface area (Å²) in [5.41, 5.74) is 15.1. The summed E-state index contributed by atoms with van der Waals surface area (Å²) < 4.78 is 15.5. The van der Waals surface area contributed by atoms with E-state index in [0.717, 1.165) is 94.3 Å². The van der Waals surface area contributed by atoms with Gasteiger partial charge >= 0.3 is 0 Å². The van der Waals surface area contributed by atoms with Crippen LogP contribution in [0.2, 0.25) is 0 Å². The normalized spacial score (nSPS) is 11.9. The van der Waals surface area contributed by atoms with Crippen molar-refractivity contribution in [2.75, 3.05) is 0 Å². The SMILES string of the molecule is c1ccc(-c2cc(-c3ccc4c(c3)oc3ccccc34)cc(-c3cccc4oc5c(-c6ccc7c(c6)c6ccccc6n7-c6ccccc6)cccc5c34)n2)cc1. The Morgan fingerprint density at radius 2 is 1.02 bits per heavy atom. The van der Waals surface area contributed by atoms with Crippen molar-refractivity contribution < 1.29 is 8.83 Å². The average molecular weight is 729 g/mol. The summed E-state index contributed by atoms with van der Waals surface area (Å²) in [7, 11) is 0. The van der Waals surface area contributed by atoms with Crippen molar-refractivity contribution in [1.29, 1.82) is 0 Å². The highest BCUT2D eigenvalue weighted by Gasteiger charge is 2.20. The molecule has 0 atom stereocenters. The van der Waals surface area contributed by atoms with Crippen LogP contribution >= 0.6 is 0 Å². The summed E-state index contributed by atoms with van der Waals surface area (Å²) in [5.74, 6) is 0. The van der Waals surface area contributed by atoms with Crippen molar-refractivity contribution in [3.05, 3.63) is 194 Å². The van der Waals surface area contributed by atoms with E-state index in [9.17, 15) is 0 Å². The molecule has 4 heterocycles. The molecule has 57 heavy (non-hydrogen) atoms. The maximum Gasteiger partial charge on any atom is 0.143 e. The lowest BCUT2D eigenvalue weighted by Crippen LogP contribution is -1.92. The number of hydrogen-bond donors (Lipinski definition) is 0. The Morgan fingerprint density at radius 3 is 1.91 bits per heavy atom. The van der Waals surface area contributed by atoms with Crippen LogP contribution in [0.3, 0.4) is 0 Å². The third kappa shape index (κ3) is 4.98. The first kappa shape index (κ1) is 31.6. The third-order valence-corrected chi connectivity index (χ3v) is 11.4. The molecule has 12 rings (SSSR count). The second-order valence-electron chi connectivity index (χ2n) is 14.7. The zero-order valence-corrected chi connectivity index (χ0v) is 30.7. The van der Waals surface area contributed by atoms with Gasteiger partial charge in [-0.25, -0.2) is 4.98 Å². The van der Waals surface area contributed by atoms with Crippen LogP contribution < -0.4 is 0 Å². The molecule has 8 aromatic carbocycles. The van der Waals surface area contributed by atoms with E-state index in [1.165, 1.54) is 21.8 Å². The van der Waals surface area contributed by atoms with E-state index in [-0.39, 0.29) is 0 Å². The minimum atomic E-state index is 0.828. The quantitative estimate of drug-likeness (QED) is 0.177. The molecule has 12 aromatic rings. The first-order valence-corrected chi connectivity index (χ1v) is 19.3. The molecule has 4 nitrogen and oxygen atoms in total. The van der Waals surface area contributed by atoms with E-state index in [0.29, 0.717) is 0 Å². The second kappa shape index (κ2) is 12.4. The maximum absolute atomic E-state index is 6.84. The molecule has 266 valence electrons. The summed E-state index contributed by atoms with van der Waals surface area (Å²) in [6.45, 7) is 0. The van der Waals surface area contributed by atoms with Gasteiger partial charge in [-0.15, -0.1) is 0 Å². The van der Waals surface area contributed by atoms with Crippen molar-refractivity contribution in [2.45, 2.75) is 0 Å². The summed E-state index contributed by atoms with van der Waals surface area (Å²) in [6.07, 6.45) is 0. The van der Waals surface area contributed by atoms with E-state index in [1.54, 1.807) is 0 Å². The Hall–Kier alpha value is -7.69. The van der Waals surface area contributed by atoms with Crippen LogP contribution in [0, 0.1) is 0 Å². The van der Waals surface area contributed by atoms with Crippen molar-refractivity contribution in [3.8, 4) is 50.5 Å². The maximum atomic E-state index is 6.84. The summed E-state index contributed by atoms with van der Waals surface area (Å²) in [4.78, 5) is 5.34. The van der Waals surface area contributed by atoms with Crippen LogP contribution in [-0.2, 0) is 0 Å². The fourth-order valence-electron chi connectivity index (χ4n) is 8.78. The summed E-state index contributed by atoms with van der Waals surface area (Å²) in [6, 6.07) is 68.3. The van der Waals surface area contributed by atoms with Gasteiger partial charge in [0.15, 0.2) is 0 Å². The molecule has 0 unspecified atom stereocenters. The van der Waals surface area contributed by atoms with Gasteiger partial charge in [-0.05, 0) is 83.4 Å². The van der Waals surface area contributed by atoms with Gasteiger partial charge < -0.3 is 13.4 Å². The Morgan fingerprint density at radius 1 is 0.351 bits per heavy atom. The van der Waals surface area contributed by atoms with E-state index < -0.39 is 0 Å². The lowest BCUT2D eigenvalue weighted by atomic mass is 9.96. The summed E-state index contributed by atoms with van der Waals surface area (Å²) in [5, 5.41) is 6.76. The molecular weight excluding hydrogens is 697 g/mol. The molecule has 0 aliphatic rings. The summed E-state index contributed by atoms with van der Waals surface area (Å²) >= 11 is 0. The number of aromatic nitrogens is 2. The number of furan rings is 2. The molecule has 0 aliphatic carbocycles. The van der Waals surface area contributed by atoms with Gasteiger partial charge in [0.2, 0.25) is 0 Å². The third-order valence-electron chi connectivity index (χ3n) is 11.4. The minimum absolute atomic E-state index is 0.828. The highest BCUT2D eigenvalue weighted by Crippen LogP contribution is 2.43. The molecule has 0 amide bonds. The molecule has 4 heteroatoms. The molecule has 0 bridgehead atoms. The van der Waals surface area contributed by atoms with Crippen LogP contribution in [0.1, 0.15) is 0 Å². The Kier molecular flexibility index (Phi) is 6.89. The van der Waals surface area contributed by atoms with E-state index in [2.05, 4.69) is 180 Å². The van der Waals surface area contributed by atoms with Gasteiger partial charge in [0.25, 0.3) is 0 Å². The lowest BCUT2D eigenvalue weighted by molar-refractivity contribution is 0.669. The predicted octanol–water partition coefficient (Wildman–Crippen LogP) is 14.6. The van der Waals surface area contributed by atoms with Gasteiger partial charge in [0.1, 0.15) is 22.3 Å². The molecule has 0 saturated heterocycles. The van der Waals surface area contributed by atoms with Gasteiger partial charge in [0, 0.05) is 54.7 Å². The van der Waals surface area contributed by atoms with Gasteiger partial charge in [-0.3, -0.25) is 0 Å². The smallest absolute Gasteiger partial charge is 0.143 e. The highest BCUT2D eigenvalue weighted by atomic mass is 16.3. The number of pyridine rings is 1. The molecule has 4 aromatic heterocycles. The van der Waals surface area contributed by atoms with Crippen LogP contribution in [0.5, 0.6) is 0 Å². The van der Waals surface area contributed by atoms with Crippen LogP contribution in [0.25, 0.3) is 116 Å². The van der Waals surface area contributed by atoms with Crippen molar-refractivity contribution in [1.82, 2.24) is 9.55 Å². The van der Waals surface area contributed by atoms with Gasteiger partial charge in [0.05, 0.1) is 22.4 Å². The molecule has 0 N–H and O–H groups in total. The molecular formula is C53H32N2O2. The topological polar surface area (TPSA) is 44.1 Å². The van der Waals surface area contributed by atoms with Crippen molar-refractivity contribution in [2.24, 2.45) is 0 Å². The predicted molar refractivity (Wildman–Crippen MR) is 235 cm³/mol. The number of benzene rings is 8. The molecule has 0 aliphatic heterocycles. The monoisotopic (exact) mass is 728 g/mol. The fourth-order valence-corrected chi connectivity index (χ4v) is 8.78. The van der Waals surface area contributed by atoms with Gasteiger partial charge in [-0.2, -0.15) is 0 Å². The number of hydrogen-bond acceptors (Lipinski definition) is 3. The van der Waals surface area contributed by atoms with E-state index >= 15 is 0 Å². The zero-order valence-electron chi connectivity index (χ0n) is 30.7. The molecule has 0 saturated carbocycles. The van der Waals surface area contributed by atoms with E-state index in [1.807, 2.05) is 18.2 Å².